The van der Waals surface area contributed by atoms with Crippen LogP contribution in [0.5, 0.6) is 0 Å². The van der Waals surface area contributed by atoms with Crippen LogP contribution in [0.1, 0.15) is 43.5 Å². The fourth-order valence-electron chi connectivity index (χ4n) is 3.38. The largest absolute Gasteiger partial charge is 0.348 e. The number of carbonyl (C=O) groups is 2. The van der Waals surface area contributed by atoms with Crippen LogP contribution in [0.3, 0.4) is 0 Å². The molecular weight excluding hydrogens is 394 g/mol. The van der Waals surface area contributed by atoms with Crippen molar-refractivity contribution in [3.05, 3.63) is 65.2 Å². The number of rotatable bonds is 7. The predicted octanol–water partition coefficient (Wildman–Crippen LogP) is 4.51. The second-order valence-electron chi connectivity index (χ2n) is 7.84. The van der Waals surface area contributed by atoms with Crippen LogP contribution in [0.15, 0.2) is 53.5 Å². The van der Waals surface area contributed by atoms with E-state index in [2.05, 4.69) is 55.3 Å². The van der Waals surface area contributed by atoms with E-state index in [-0.39, 0.29) is 36.1 Å². The first-order valence-corrected chi connectivity index (χ1v) is 11.3. The Kier molecular flexibility index (Phi) is 7.32. The van der Waals surface area contributed by atoms with Crippen LogP contribution in [0.4, 0.5) is 5.69 Å². The minimum absolute atomic E-state index is 0.0515. The number of hydrogen-bond acceptors (Lipinski definition) is 4. The van der Waals surface area contributed by atoms with Crippen molar-refractivity contribution in [3.8, 4) is 0 Å². The normalized spacial score (nSPS) is 14.8. The number of hydrogen-bond donors (Lipinski definition) is 1. The standard InChI is InChI=1S/C24H29N3O2S/c1-5-18-8-10-19(11-9-18)23(16(2)3)26-21(28)15-30-24-25-14-22(29)27(24)20-12-6-17(4)7-13-20/h6-13,16,23H,5,14-15H2,1-4H3,(H,26,28)/t23-/m0/s1. The van der Waals surface area contributed by atoms with E-state index in [1.54, 1.807) is 4.90 Å². The van der Waals surface area contributed by atoms with Crippen molar-refractivity contribution in [2.45, 2.75) is 40.2 Å². The molecule has 1 aliphatic heterocycles. The zero-order valence-corrected chi connectivity index (χ0v) is 18.8. The number of amidine groups is 1. The van der Waals surface area contributed by atoms with E-state index in [0.29, 0.717) is 5.17 Å². The molecular formula is C24H29N3O2S. The van der Waals surface area contributed by atoms with Crippen molar-refractivity contribution < 1.29 is 9.59 Å². The summed E-state index contributed by atoms with van der Waals surface area (Å²) in [6.07, 6.45) is 0.994. The average molecular weight is 424 g/mol. The van der Waals surface area contributed by atoms with E-state index in [4.69, 9.17) is 0 Å². The van der Waals surface area contributed by atoms with Crippen molar-refractivity contribution in [1.82, 2.24) is 5.32 Å². The number of nitrogens with zero attached hydrogens (tertiary/aromatic N) is 2. The van der Waals surface area contributed by atoms with Gasteiger partial charge in [0.25, 0.3) is 5.91 Å². The molecule has 3 rings (SSSR count). The third-order valence-electron chi connectivity index (χ3n) is 5.15. The molecule has 2 aromatic rings. The SMILES string of the molecule is CCc1ccc([C@@H](NC(=O)CSC2=NCC(=O)N2c2ccc(C)cc2)C(C)C)cc1. The fraction of sp³-hybridized carbons (Fsp3) is 0.375. The Bertz CT molecular complexity index is 920. The Labute approximate surface area is 183 Å². The third kappa shape index (κ3) is 5.30. The summed E-state index contributed by atoms with van der Waals surface area (Å²) in [7, 11) is 0. The van der Waals surface area contributed by atoms with Gasteiger partial charge in [-0.25, -0.2) is 0 Å². The monoisotopic (exact) mass is 423 g/mol. The van der Waals surface area contributed by atoms with Gasteiger partial charge in [-0.1, -0.05) is 74.5 Å². The van der Waals surface area contributed by atoms with Crippen molar-refractivity contribution in [1.29, 1.82) is 0 Å². The van der Waals surface area contributed by atoms with Gasteiger partial charge in [0.1, 0.15) is 6.54 Å². The Hall–Kier alpha value is -2.60. The summed E-state index contributed by atoms with van der Waals surface area (Å²) >= 11 is 1.30. The molecule has 6 heteroatoms. The predicted molar refractivity (Wildman–Crippen MR) is 125 cm³/mol. The van der Waals surface area contributed by atoms with Crippen molar-refractivity contribution in [2.24, 2.45) is 10.9 Å². The lowest BCUT2D eigenvalue weighted by Gasteiger charge is -2.23. The molecule has 1 heterocycles. The van der Waals surface area contributed by atoms with Crippen LogP contribution in [0.25, 0.3) is 0 Å². The summed E-state index contributed by atoms with van der Waals surface area (Å²) in [5, 5.41) is 3.73. The second kappa shape index (κ2) is 9.94. The maximum Gasteiger partial charge on any atom is 0.254 e. The Morgan fingerprint density at radius 2 is 1.80 bits per heavy atom. The highest BCUT2D eigenvalue weighted by Gasteiger charge is 2.28. The van der Waals surface area contributed by atoms with Crippen LogP contribution in [-0.4, -0.2) is 29.3 Å². The van der Waals surface area contributed by atoms with Crippen LogP contribution < -0.4 is 10.2 Å². The number of anilines is 1. The molecule has 1 atom stereocenters. The Morgan fingerprint density at radius 1 is 1.13 bits per heavy atom. The number of aryl methyl sites for hydroxylation is 2. The summed E-state index contributed by atoms with van der Waals surface area (Å²) in [6, 6.07) is 16.1. The van der Waals surface area contributed by atoms with E-state index in [0.717, 1.165) is 23.2 Å². The molecule has 1 aliphatic rings. The first-order valence-electron chi connectivity index (χ1n) is 10.3. The molecule has 0 radical (unpaired) electrons. The molecule has 0 saturated heterocycles. The Morgan fingerprint density at radius 3 is 2.40 bits per heavy atom. The van der Waals surface area contributed by atoms with Crippen molar-refractivity contribution in [3.63, 3.8) is 0 Å². The van der Waals surface area contributed by atoms with Crippen LogP contribution in [0.2, 0.25) is 0 Å². The maximum absolute atomic E-state index is 12.7. The minimum atomic E-state index is -0.0715. The van der Waals surface area contributed by atoms with Gasteiger partial charge in [-0.05, 0) is 42.5 Å². The molecule has 2 amide bonds. The van der Waals surface area contributed by atoms with Crippen LogP contribution in [-0.2, 0) is 16.0 Å². The summed E-state index contributed by atoms with van der Waals surface area (Å²) in [5.74, 6) is 0.341. The first kappa shape index (κ1) is 22.1. The highest BCUT2D eigenvalue weighted by molar-refractivity contribution is 8.14. The third-order valence-corrected chi connectivity index (χ3v) is 6.12. The van der Waals surface area contributed by atoms with Crippen molar-refractivity contribution in [2.75, 3.05) is 17.2 Å². The summed E-state index contributed by atoms with van der Waals surface area (Å²) in [4.78, 5) is 30.9. The molecule has 0 aliphatic carbocycles. The smallest absolute Gasteiger partial charge is 0.254 e. The zero-order valence-electron chi connectivity index (χ0n) is 18.0. The van der Waals surface area contributed by atoms with Gasteiger partial charge in [-0.2, -0.15) is 0 Å². The van der Waals surface area contributed by atoms with E-state index in [1.807, 2.05) is 31.2 Å². The van der Waals surface area contributed by atoms with Gasteiger partial charge in [0.2, 0.25) is 5.91 Å². The van der Waals surface area contributed by atoms with Gasteiger partial charge in [0.05, 0.1) is 17.5 Å². The maximum atomic E-state index is 12.7. The molecule has 0 saturated carbocycles. The summed E-state index contributed by atoms with van der Waals surface area (Å²) in [6.45, 7) is 8.46. The van der Waals surface area contributed by atoms with E-state index >= 15 is 0 Å². The fourth-order valence-corrected chi connectivity index (χ4v) is 4.22. The highest BCUT2D eigenvalue weighted by atomic mass is 32.2. The van der Waals surface area contributed by atoms with Crippen LogP contribution in [0, 0.1) is 12.8 Å². The molecule has 0 spiro atoms. The molecule has 0 bridgehead atoms. The van der Waals surface area contributed by atoms with Gasteiger partial charge < -0.3 is 5.32 Å². The molecule has 5 nitrogen and oxygen atoms in total. The van der Waals surface area contributed by atoms with E-state index in [9.17, 15) is 9.59 Å². The first-order chi connectivity index (χ1) is 14.4. The number of nitrogens with one attached hydrogen (secondary N) is 1. The van der Waals surface area contributed by atoms with Crippen LogP contribution >= 0.6 is 11.8 Å². The van der Waals surface area contributed by atoms with E-state index < -0.39 is 0 Å². The summed E-state index contributed by atoms with van der Waals surface area (Å²) in [5.41, 5.74) is 4.30. The van der Waals surface area contributed by atoms with Gasteiger partial charge in [-0.3, -0.25) is 19.5 Å². The molecule has 158 valence electrons. The minimum Gasteiger partial charge on any atom is -0.348 e. The zero-order chi connectivity index (χ0) is 21.7. The number of amides is 2. The molecule has 0 unspecified atom stereocenters. The quantitative estimate of drug-likeness (QED) is 0.713. The van der Waals surface area contributed by atoms with Gasteiger partial charge in [0.15, 0.2) is 5.17 Å². The van der Waals surface area contributed by atoms with E-state index in [1.165, 1.54) is 17.3 Å². The number of carbonyl (C=O) groups excluding carboxylic acids is 2. The van der Waals surface area contributed by atoms with Crippen molar-refractivity contribution >= 4 is 34.4 Å². The lowest BCUT2D eigenvalue weighted by molar-refractivity contribution is -0.119. The van der Waals surface area contributed by atoms with Gasteiger partial charge >= 0.3 is 0 Å². The summed E-state index contributed by atoms with van der Waals surface area (Å²) < 4.78 is 0. The molecule has 0 fully saturated rings. The average Bonchev–Trinajstić information content (AvgIpc) is 3.11. The topological polar surface area (TPSA) is 61.8 Å². The lowest BCUT2D eigenvalue weighted by atomic mass is 9.95. The Balaban J connectivity index is 1.63. The van der Waals surface area contributed by atoms with Gasteiger partial charge in [-0.15, -0.1) is 0 Å². The second-order valence-corrected chi connectivity index (χ2v) is 8.78. The number of aliphatic imine (C=N–C) groups is 1. The molecule has 1 N–H and O–H groups in total. The molecule has 0 aromatic heterocycles. The highest BCUT2D eigenvalue weighted by Crippen LogP contribution is 2.25. The van der Waals surface area contributed by atoms with Gasteiger partial charge in [0, 0.05) is 0 Å². The molecule has 30 heavy (non-hydrogen) atoms. The number of thioether (sulfide) groups is 1. The number of benzene rings is 2. The molecule has 2 aromatic carbocycles. The lowest BCUT2D eigenvalue weighted by Crippen LogP contribution is -2.35.